The normalized spacial score (nSPS) is 16.0. The molecule has 8 nitrogen and oxygen atoms in total. The topological polar surface area (TPSA) is 120 Å². The van der Waals surface area contributed by atoms with E-state index >= 15 is 0 Å². The van der Waals surface area contributed by atoms with Crippen molar-refractivity contribution in [3.63, 3.8) is 0 Å². The van der Waals surface area contributed by atoms with E-state index in [0.717, 1.165) is 12.8 Å². The number of halogens is 1. The summed E-state index contributed by atoms with van der Waals surface area (Å²) in [7, 11) is -0.854. The van der Waals surface area contributed by atoms with Crippen molar-refractivity contribution in [1.82, 2.24) is 10.0 Å². The molecule has 4 N–H and O–H groups in total. The van der Waals surface area contributed by atoms with Gasteiger partial charge in [-0.25, -0.2) is 13.1 Å². The van der Waals surface area contributed by atoms with Crippen LogP contribution in [0.4, 0.5) is 0 Å². The molecule has 154 valence electrons. The Hall–Kier alpha value is -1.55. The molecule has 1 amide bonds. The third-order valence-electron chi connectivity index (χ3n) is 4.64. The van der Waals surface area contributed by atoms with Gasteiger partial charge in [-0.3, -0.25) is 4.79 Å². The Morgan fingerprint density at radius 3 is 2.41 bits per heavy atom. The van der Waals surface area contributed by atoms with Crippen LogP contribution in [0.15, 0.2) is 23.1 Å². The molecule has 27 heavy (non-hydrogen) atoms. The highest BCUT2D eigenvalue weighted by molar-refractivity contribution is 7.89. The van der Waals surface area contributed by atoms with E-state index in [1.54, 1.807) is 0 Å². The molecule has 0 heterocycles. The summed E-state index contributed by atoms with van der Waals surface area (Å²) in [6.07, 6.45) is 2.15. The smallest absolute Gasteiger partial charge is 0.240 e. The number of rotatable bonds is 10. The Bertz CT molecular complexity index is 755. The summed E-state index contributed by atoms with van der Waals surface area (Å²) in [4.78, 5) is 12.2. The van der Waals surface area contributed by atoms with Gasteiger partial charge in [0.25, 0.3) is 0 Å². The Balaban J connectivity index is 0.00000364. The summed E-state index contributed by atoms with van der Waals surface area (Å²) in [5, 5.41) is 2.93. The van der Waals surface area contributed by atoms with Gasteiger partial charge in [0, 0.05) is 25.6 Å². The summed E-state index contributed by atoms with van der Waals surface area (Å²) in [5.41, 5.74) is 5.36. The zero-order chi connectivity index (χ0) is 19.4. The lowest BCUT2D eigenvalue weighted by molar-refractivity contribution is -0.122. The van der Waals surface area contributed by atoms with Crippen LogP contribution in [-0.4, -0.2) is 47.2 Å². The van der Waals surface area contributed by atoms with E-state index in [2.05, 4.69) is 10.0 Å². The molecule has 0 spiro atoms. The molecule has 1 unspecified atom stereocenters. The summed E-state index contributed by atoms with van der Waals surface area (Å²) < 4.78 is 37.4. The van der Waals surface area contributed by atoms with Crippen LogP contribution in [0.25, 0.3) is 0 Å². The SMILES string of the molecule is COc1ccc(S(=O)(=O)NCCC(=O)NC(C)(CN)C2CC2)cc1OC.Cl. The first-order valence-electron chi connectivity index (χ1n) is 8.48. The van der Waals surface area contributed by atoms with Gasteiger partial charge in [0.1, 0.15) is 0 Å². The molecule has 2 rings (SSSR count). The van der Waals surface area contributed by atoms with E-state index in [4.69, 9.17) is 15.2 Å². The minimum atomic E-state index is -3.76. The fourth-order valence-electron chi connectivity index (χ4n) is 2.79. The van der Waals surface area contributed by atoms with E-state index in [1.165, 1.54) is 32.4 Å². The lowest BCUT2D eigenvalue weighted by atomic mass is 9.96. The predicted molar refractivity (Wildman–Crippen MR) is 105 cm³/mol. The second-order valence-corrected chi connectivity index (χ2v) is 8.38. The van der Waals surface area contributed by atoms with Crippen molar-refractivity contribution < 1.29 is 22.7 Å². The van der Waals surface area contributed by atoms with Crippen LogP contribution in [-0.2, 0) is 14.8 Å². The van der Waals surface area contributed by atoms with E-state index in [9.17, 15) is 13.2 Å². The zero-order valence-electron chi connectivity index (χ0n) is 15.8. The fourth-order valence-corrected chi connectivity index (χ4v) is 3.83. The van der Waals surface area contributed by atoms with E-state index in [1.807, 2.05) is 6.92 Å². The van der Waals surface area contributed by atoms with Crippen LogP contribution in [0.1, 0.15) is 26.2 Å². The van der Waals surface area contributed by atoms with E-state index in [0.29, 0.717) is 24.0 Å². The van der Waals surface area contributed by atoms with Crippen molar-refractivity contribution in [2.45, 2.75) is 36.6 Å². The van der Waals surface area contributed by atoms with Crippen molar-refractivity contribution in [2.24, 2.45) is 11.7 Å². The number of hydrogen-bond donors (Lipinski definition) is 3. The molecule has 0 aliphatic heterocycles. The number of methoxy groups -OCH3 is 2. The first-order valence-corrected chi connectivity index (χ1v) is 9.97. The van der Waals surface area contributed by atoms with Crippen LogP contribution in [0.2, 0.25) is 0 Å². The Morgan fingerprint density at radius 1 is 1.26 bits per heavy atom. The number of carbonyl (C=O) groups is 1. The third-order valence-corrected chi connectivity index (χ3v) is 6.10. The van der Waals surface area contributed by atoms with Crippen LogP contribution < -0.4 is 25.2 Å². The number of carbonyl (C=O) groups excluding carboxylic acids is 1. The highest BCUT2D eigenvalue weighted by atomic mass is 35.5. The molecule has 0 bridgehead atoms. The molecular formula is C17H28ClN3O5S. The first-order chi connectivity index (χ1) is 12.3. The lowest BCUT2D eigenvalue weighted by Gasteiger charge is -2.29. The summed E-state index contributed by atoms with van der Waals surface area (Å²) in [6, 6.07) is 4.31. The lowest BCUT2D eigenvalue weighted by Crippen LogP contribution is -2.53. The maximum Gasteiger partial charge on any atom is 0.240 e. The Morgan fingerprint density at radius 2 is 1.89 bits per heavy atom. The summed E-state index contributed by atoms with van der Waals surface area (Å²) >= 11 is 0. The number of amides is 1. The molecule has 0 radical (unpaired) electrons. The number of sulfonamides is 1. The van der Waals surface area contributed by atoms with Crippen LogP contribution in [0.5, 0.6) is 11.5 Å². The average Bonchev–Trinajstić information content (AvgIpc) is 3.46. The van der Waals surface area contributed by atoms with Crippen LogP contribution >= 0.6 is 12.4 Å². The maximum absolute atomic E-state index is 12.4. The molecular weight excluding hydrogens is 394 g/mol. The quantitative estimate of drug-likeness (QED) is 0.519. The largest absolute Gasteiger partial charge is 0.493 e. The fraction of sp³-hybridized carbons (Fsp3) is 0.588. The zero-order valence-corrected chi connectivity index (χ0v) is 17.4. The summed E-state index contributed by atoms with van der Waals surface area (Å²) in [6.45, 7) is 2.28. The van der Waals surface area contributed by atoms with Gasteiger partial charge in [-0.15, -0.1) is 12.4 Å². The molecule has 1 fully saturated rings. The van der Waals surface area contributed by atoms with E-state index in [-0.39, 0.29) is 36.2 Å². The van der Waals surface area contributed by atoms with Crippen molar-refractivity contribution >= 4 is 28.3 Å². The van der Waals surface area contributed by atoms with Crippen molar-refractivity contribution in [3.05, 3.63) is 18.2 Å². The van der Waals surface area contributed by atoms with Gasteiger partial charge in [0.05, 0.1) is 24.7 Å². The van der Waals surface area contributed by atoms with Gasteiger partial charge in [-0.05, 0) is 37.8 Å². The van der Waals surface area contributed by atoms with Crippen molar-refractivity contribution in [2.75, 3.05) is 27.3 Å². The van der Waals surface area contributed by atoms with Crippen molar-refractivity contribution in [1.29, 1.82) is 0 Å². The third kappa shape index (κ3) is 5.97. The van der Waals surface area contributed by atoms with Gasteiger partial charge in [0.2, 0.25) is 15.9 Å². The molecule has 1 aliphatic carbocycles. The number of hydrogen-bond acceptors (Lipinski definition) is 6. The average molecular weight is 422 g/mol. The highest BCUT2D eigenvalue weighted by Gasteiger charge is 2.41. The number of nitrogens with two attached hydrogens (primary N) is 1. The monoisotopic (exact) mass is 421 g/mol. The van der Waals surface area contributed by atoms with Gasteiger partial charge < -0.3 is 20.5 Å². The molecule has 1 aromatic rings. The predicted octanol–water partition coefficient (Wildman–Crippen LogP) is 1.04. The molecule has 1 saturated carbocycles. The summed E-state index contributed by atoms with van der Waals surface area (Å²) in [5.74, 6) is 0.933. The molecule has 0 aromatic heterocycles. The standard InChI is InChI=1S/C17H27N3O5S.ClH/c1-17(11-18,12-4-5-12)20-16(21)8-9-19-26(22,23)13-6-7-14(24-2)15(10-13)25-3;/h6-7,10,12,19H,4-5,8-9,11,18H2,1-3H3,(H,20,21);1H. The molecule has 0 saturated heterocycles. The maximum atomic E-state index is 12.4. The minimum Gasteiger partial charge on any atom is -0.493 e. The van der Waals surface area contributed by atoms with E-state index < -0.39 is 15.6 Å². The second kappa shape index (κ2) is 9.59. The van der Waals surface area contributed by atoms with Crippen LogP contribution in [0, 0.1) is 5.92 Å². The molecule has 10 heteroatoms. The molecule has 1 aliphatic rings. The van der Waals surface area contributed by atoms with Gasteiger partial charge >= 0.3 is 0 Å². The Kier molecular flexibility index (Phi) is 8.34. The highest BCUT2D eigenvalue weighted by Crippen LogP contribution is 2.39. The number of benzene rings is 1. The van der Waals surface area contributed by atoms with Gasteiger partial charge in [-0.2, -0.15) is 0 Å². The van der Waals surface area contributed by atoms with Gasteiger partial charge in [0.15, 0.2) is 11.5 Å². The number of nitrogens with one attached hydrogen (secondary N) is 2. The number of ether oxygens (including phenoxy) is 2. The van der Waals surface area contributed by atoms with Crippen LogP contribution in [0.3, 0.4) is 0 Å². The molecule has 1 aromatic carbocycles. The molecule has 1 atom stereocenters. The first kappa shape index (κ1) is 23.5. The second-order valence-electron chi connectivity index (χ2n) is 6.61. The van der Waals surface area contributed by atoms with Gasteiger partial charge in [-0.1, -0.05) is 0 Å². The Labute approximate surface area is 166 Å². The van der Waals surface area contributed by atoms with Crippen molar-refractivity contribution in [3.8, 4) is 11.5 Å². The minimum absolute atomic E-state index is 0.